The molecular weight excluding hydrogens is 440 g/mol. The Hall–Kier alpha value is -3.01. The second kappa shape index (κ2) is 8.74. The summed E-state index contributed by atoms with van der Waals surface area (Å²) in [5, 5.41) is 7.55. The van der Waals surface area contributed by atoms with Crippen molar-refractivity contribution in [1.29, 1.82) is 0 Å². The summed E-state index contributed by atoms with van der Waals surface area (Å²) in [4.78, 5) is 13.5. The van der Waals surface area contributed by atoms with E-state index in [1.54, 1.807) is 23.7 Å². The molecule has 0 atom stereocenters. The first-order valence-corrected chi connectivity index (χ1v) is 12.5. The Labute approximate surface area is 193 Å². The van der Waals surface area contributed by atoms with Crippen LogP contribution in [0.15, 0.2) is 59.5 Å². The van der Waals surface area contributed by atoms with Crippen molar-refractivity contribution in [3.8, 4) is 5.69 Å². The van der Waals surface area contributed by atoms with Crippen molar-refractivity contribution in [3.05, 3.63) is 71.5 Å². The monoisotopic (exact) mass is 466 g/mol. The zero-order chi connectivity index (χ0) is 23.0. The molecule has 1 aliphatic heterocycles. The van der Waals surface area contributed by atoms with Gasteiger partial charge >= 0.3 is 0 Å². The Morgan fingerprint density at radius 2 is 1.79 bits per heavy atom. The second-order valence-electron chi connectivity index (χ2n) is 8.43. The number of anilines is 1. The van der Waals surface area contributed by atoms with Gasteiger partial charge < -0.3 is 10.1 Å². The lowest BCUT2D eigenvalue weighted by molar-refractivity contribution is 0.0730. The molecule has 0 bridgehead atoms. The summed E-state index contributed by atoms with van der Waals surface area (Å²) in [6.07, 6.45) is 2.15. The predicted octanol–water partition coefficient (Wildman–Crippen LogP) is 3.33. The highest BCUT2D eigenvalue weighted by Gasteiger charge is 2.30. The van der Waals surface area contributed by atoms with Gasteiger partial charge in [0.05, 0.1) is 29.5 Å². The Balaban J connectivity index is 1.45. The number of amides is 1. The molecule has 1 amide bonds. The number of nitrogens with zero attached hydrogens (tertiary/aromatic N) is 3. The number of para-hydroxylation sites is 1. The number of hydrogen-bond donors (Lipinski definition) is 1. The lowest BCUT2D eigenvalue weighted by Gasteiger charge is -2.26. The minimum Gasteiger partial charge on any atom is -0.379 e. The first kappa shape index (κ1) is 21.8. The molecule has 33 heavy (non-hydrogen) atoms. The van der Waals surface area contributed by atoms with Gasteiger partial charge in [-0.2, -0.15) is 9.40 Å². The number of aryl methyl sites for hydroxylation is 1. The average Bonchev–Trinajstić information content (AvgIpc) is 3.59. The van der Waals surface area contributed by atoms with Crippen molar-refractivity contribution in [2.45, 2.75) is 30.6 Å². The van der Waals surface area contributed by atoms with E-state index >= 15 is 0 Å². The molecule has 2 heterocycles. The molecule has 2 aromatic carbocycles. The third-order valence-electron chi connectivity index (χ3n) is 5.99. The minimum absolute atomic E-state index is 0.192. The van der Waals surface area contributed by atoms with Crippen LogP contribution in [0.3, 0.4) is 0 Å². The van der Waals surface area contributed by atoms with Crippen LogP contribution in [-0.2, 0) is 14.8 Å². The molecule has 1 N–H and O–H groups in total. The van der Waals surface area contributed by atoms with Gasteiger partial charge in [-0.1, -0.05) is 24.3 Å². The van der Waals surface area contributed by atoms with E-state index in [2.05, 4.69) is 10.4 Å². The quantitative estimate of drug-likeness (QED) is 0.602. The number of rotatable bonds is 6. The van der Waals surface area contributed by atoms with E-state index in [1.807, 2.05) is 36.4 Å². The van der Waals surface area contributed by atoms with Crippen LogP contribution >= 0.6 is 0 Å². The fourth-order valence-corrected chi connectivity index (χ4v) is 5.64. The molecule has 172 valence electrons. The summed E-state index contributed by atoms with van der Waals surface area (Å²) < 4.78 is 34.7. The lowest BCUT2D eigenvalue weighted by Crippen LogP contribution is -2.40. The van der Waals surface area contributed by atoms with Crippen LogP contribution in [0.5, 0.6) is 0 Å². The minimum atomic E-state index is -3.68. The zero-order valence-electron chi connectivity index (χ0n) is 18.4. The maximum absolute atomic E-state index is 13.3. The number of hydrogen-bond acceptors (Lipinski definition) is 5. The summed E-state index contributed by atoms with van der Waals surface area (Å²) in [7, 11) is -3.68. The number of sulfonamides is 1. The van der Waals surface area contributed by atoms with Crippen molar-refractivity contribution in [1.82, 2.24) is 14.1 Å². The van der Waals surface area contributed by atoms with E-state index in [1.165, 1.54) is 10.4 Å². The van der Waals surface area contributed by atoms with E-state index < -0.39 is 10.0 Å². The molecule has 1 aromatic heterocycles. The van der Waals surface area contributed by atoms with Crippen LogP contribution in [0.2, 0.25) is 0 Å². The fourth-order valence-electron chi connectivity index (χ4n) is 3.98. The van der Waals surface area contributed by atoms with Gasteiger partial charge in [-0.05, 0) is 55.7 Å². The third-order valence-corrected chi connectivity index (χ3v) is 8.03. The van der Waals surface area contributed by atoms with Gasteiger partial charge in [0.1, 0.15) is 5.69 Å². The molecule has 2 aliphatic rings. The fraction of sp³-hybridized carbons (Fsp3) is 0.333. The van der Waals surface area contributed by atoms with E-state index in [-0.39, 0.29) is 10.8 Å². The van der Waals surface area contributed by atoms with Crippen LogP contribution < -0.4 is 5.32 Å². The van der Waals surface area contributed by atoms with E-state index in [9.17, 15) is 13.2 Å². The Morgan fingerprint density at radius 1 is 1.06 bits per heavy atom. The zero-order valence-corrected chi connectivity index (χ0v) is 19.2. The predicted molar refractivity (Wildman–Crippen MR) is 124 cm³/mol. The summed E-state index contributed by atoms with van der Waals surface area (Å²) in [6, 6.07) is 16.3. The van der Waals surface area contributed by atoms with Crippen LogP contribution in [0.1, 0.15) is 40.5 Å². The van der Waals surface area contributed by atoms with Crippen LogP contribution in [0.4, 0.5) is 5.69 Å². The number of carbonyl (C=O) groups is 1. The molecule has 5 rings (SSSR count). The van der Waals surface area contributed by atoms with E-state index in [0.29, 0.717) is 49.2 Å². The molecule has 9 heteroatoms. The molecular formula is C24H26N4O4S. The average molecular weight is 467 g/mol. The lowest BCUT2D eigenvalue weighted by atomic mass is 10.2. The molecule has 8 nitrogen and oxygen atoms in total. The normalized spacial score (nSPS) is 17.1. The molecule has 0 unspecified atom stereocenters. The second-order valence-corrected chi connectivity index (χ2v) is 10.3. The first-order valence-electron chi connectivity index (χ1n) is 11.1. The summed E-state index contributed by atoms with van der Waals surface area (Å²) >= 11 is 0. The number of nitrogens with one attached hydrogen (secondary N) is 1. The van der Waals surface area contributed by atoms with Gasteiger partial charge in [0, 0.05) is 24.7 Å². The Bertz CT molecular complexity index is 1280. The SMILES string of the molecule is Cc1ccc(NC(=O)c2cc(C3CC3)nn2-c2ccccc2)cc1S(=O)(=O)N1CCOCC1. The Kier molecular flexibility index (Phi) is 5.77. The van der Waals surface area contributed by atoms with Crippen molar-refractivity contribution in [3.63, 3.8) is 0 Å². The Morgan fingerprint density at radius 3 is 2.48 bits per heavy atom. The van der Waals surface area contributed by atoms with Gasteiger partial charge in [-0.3, -0.25) is 4.79 Å². The van der Waals surface area contributed by atoms with E-state index in [4.69, 9.17) is 4.74 Å². The summed E-state index contributed by atoms with van der Waals surface area (Å²) in [5.74, 6) is 0.0583. The molecule has 0 spiro atoms. The molecule has 3 aromatic rings. The number of ether oxygens (including phenoxy) is 1. The highest BCUT2D eigenvalue weighted by atomic mass is 32.2. The standard InChI is InChI=1S/C24H26N4O4S/c1-17-7-10-19(15-23(17)33(30,31)27-11-13-32-14-12-27)25-24(29)22-16-21(18-8-9-18)26-28(22)20-5-3-2-4-6-20/h2-7,10,15-16,18H,8-9,11-14H2,1H3,(H,25,29). The topological polar surface area (TPSA) is 93.5 Å². The van der Waals surface area contributed by atoms with Crippen molar-refractivity contribution < 1.29 is 17.9 Å². The molecule has 1 saturated carbocycles. The summed E-state index contributed by atoms with van der Waals surface area (Å²) in [6.45, 7) is 3.14. The first-order chi connectivity index (χ1) is 15.9. The van der Waals surface area contributed by atoms with Crippen molar-refractivity contribution in [2.24, 2.45) is 0 Å². The van der Waals surface area contributed by atoms with Crippen LogP contribution in [0.25, 0.3) is 5.69 Å². The van der Waals surface area contributed by atoms with Gasteiger partial charge in [-0.25, -0.2) is 13.1 Å². The molecule has 1 saturated heterocycles. The molecule has 1 aliphatic carbocycles. The van der Waals surface area contributed by atoms with Gasteiger partial charge in [0.25, 0.3) is 5.91 Å². The highest BCUT2D eigenvalue weighted by Crippen LogP contribution is 2.39. The van der Waals surface area contributed by atoms with Crippen LogP contribution in [-0.4, -0.2) is 54.7 Å². The maximum atomic E-state index is 13.3. The number of carbonyl (C=O) groups excluding carboxylic acids is 1. The largest absolute Gasteiger partial charge is 0.379 e. The van der Waals surface area contributed by atoms with E-state index in [0.717, 1.165) is 24.2 Å². The van der Waals surface area contributed by atoms with Gasteiger partial charge in [-0.15, -0.1) is 0 Å². The maximum Gasteiger partial charge on any atom is 0.274 e. The van der Waals surface area contributed by atoms with Crippen molar-refractivity contribution >= 4 is 21.6 Å². The smallest absolute Gasteiger partial charge is 0.274 e. The van der Waals surface area contributed by atoms with Crippen molar-refractivity contribution in [2.75, 3.05) is 31.6 Å². The van der Waals surface area contributed by atoms with Gasteiger partial charge in [0.15, 0.2) is 0 Å². The van der Waals surface area contributed by atoms with Gasteiger partial charge in [0.2, 0.25) is 10.0 Å². The number of aromatic nitrogens is 2. The number of morpholine rings is 1. The molecule has 2 fully saturated rings. The summed E-state index contributed by atoms with van der Waals surface area (Å²) in [5.41, 5.74) is 3.18. The highest BCUT2D eigenvalue weighted by molar-refractivity contribution is 7.89. The van der Waals surface area contributed by atoms with Crippen LogP contribution in [0, 0.1) is 6.92 Å². The third kappa shape index (κ3) is 4.44. The molecule has 0 radical (unpaired) electrons. The number of benzene rings is 2.